The summed E-state index contributed by atoms with van der Waals surface area (Å²) in [6, 6.07) is 12.8. The fraction of sp³-hybridized carbons (Fsp3) is 0. The highest BCUT2D eigenvalue weighted by molar-refractivity contribution is 6.33. The topological polar surface area (TPSA) is 64.1 Å². The number of hydrogen-bond acceptors (Lipinski definition) is 3. The third-order valence-electron chi connectivity index (χ3n) is 2.22. The molecule has 82 valence electrons. The minimum absolute atomic E-state index is 0.597. The van der Waals surface area contributed by atoms with Crippen molar-refractivity contribution in [1.29, 1.82) is 0 Å². The molecule has 0 amide bonds. The smallest absolute Gasteiger partial charge is 0.0640 e. The molecule has 4 heteroatoms. The van der Waals surface area contributed by atoms with E-state index in [2.05, 4.69) is 5.32 Å². The summed E-state index contributed by atoms with van der Waals surface area (Å²) < 4.78 is 0. The molecule has 2 aromatic rings. The Kier molecular flexibility index (Phi) is 2.88. The summed E-state index contributed by atoms with van der Waals surface area (Å²) in [5.74, 6) is 0. The van der Waals surface area contributed by atoms with Crippen molar-refractivity contribution in [1.82, 2.24) is 0 Å². The highest BCUT2D eigenvalue weighted by Gasteiger charge is 2.02. The molecule has 0 heterocycles. The average Bonchev–Trinajstić information content (AvgIpc) is 2.25. The molecule has 0 bridgehead atoms. The van der Waals surface area contributed by atoms with Crippen LogP contribution in [0, 0.1) is 0 Å². The van der Waals surface area contributed by atoms with Gasteiger partial charge in [-0.05, 0) is 30.3 Å². The van der Waals surface area contributed by atoms with Gasteiger partial charge in [0.05, 0.1) is 22.1 Å². The van der Waals surface area contributed by atoms with Crippen molar-refractivity contribution in [2.24, 2.45) is 0 Å². The lowest BCUT2D eigenvalue weighted by Crippen LogP contribution is -1.98. The number of nitrogens with one attached hydrogen (secondary N) is 1. The highest BCUT2D eigenvalue weighted by Crippen LogP contribution is 2.28. The van der Waals surface area contributed by atoms with E-state index in [0.29, 0.717) is 16.4 Å². The van der Waals surface area contributed by atoms with Gasteiger partial charge in [-0.3, -0.25) is 0 Å². The monoisotopic (exact) mass is 233 g/mol. The van der Waals surface area contributed by atoms with Gasteiger partial charge in [0.2, 0.25) is 0 Å². The molecule has 0 aliphatic carbocycles. The van der Waals surface area contributed by atoms with E-state index >= 15 is 0 Å². The number of rotatable bonds is 2. The second-order valence-electron chi connectivity index (χ2n) is 3.45. The van der Waals surface area contributed by atoms with E-state index in [1.54, 1.807) is 12.1 Å². The number of anilines is 4. The van der Waals surface area contributed by atoms with Gasteiger partial charge in [0, 0.05) is 5.69 Å². The first-order valence-corrected chi connectivity index (χ1v) is 5.21. The fourth-order valence-electron chi connectivity index (χ4n) is 1.40. The minimum Gasteiger partial charge on any atom is -0.399 e. The normalized spacial score (nSPS) is 10.1. The molecule has 0 saturated carbocycles. The number of nitrogen functional groups attached to an aromatic ring is 2. The van der Waals surface area contributed by atoms with Gasteiger partial charge in [-0.15, -0.1) is 0 Å². The molecule has 0 fully saturated rings. The summed E-state index contributed by atoms with van der Waals surface area (Å²) in [4.78, 5) is 0. The molecular formula is C12H12ClN3. The summed E-state index contributed by atoms with van der Waals surface area (Å²) >= 11 is 6.03. The van der Waals surface area contributed by atoms with E-state index in [0.717, 1.165) is 11.4 Å². The maximum Gasteiger partial charge on any atom is 0.0640 e. The summed E-state index contributed by atoms with van der Waals surface area (Å²) in [7, 11) is 0. The zero-order chi connectivity index (χ0) is 11.5. The van der Waals surface area contributed by atoms with Crippen LogP contribution in [0.15, 0.2) is 42.5 Å². The highest BCUT2D eigenvalue weighted by atomic mass is 35.5. The number of halogens is 1. The molecule has 0 unspecified atom stereocenters. The molecule has 16 heavy (non-hydrogen) atoms. The van der Waals surface area contributed by atoms with E-state index in [4.69, 9.17) is 23.1 Å². The SMILES string of the molecule is Nc1ccc(Nc2ccccc2Cl)c(N)c1. The summed E-state index contributed by atoms with van der Waals surface area (Å²) in [6.45, 7) is 0. The molecule has 3 nitrogen and oxygen atoms in total. The lowest BCUT2D eigenvalue weighted by molar-refractivity contribution is 1.54. The van der Waals surface area contributed by atoms with E-state index in [9.17, 15) is 0 Å². The van der Waals surface area contributed by atoms with Crippen LogP contribution in [0.2, 0.25) is 5.02 Å². The van der Waals surface area contributed by atoms with Crippen LogP contribution in [0.5, 0.6) is 0 Å². The number of para-hydroxylation sites is 1. The van der Waals surface area contributed by atoms with E-state index < -0.39 is 0 Å². The Morgan fingerprint density at radius 1 is 0.938 bits per heavy atom. The van der Waals surface area contributed by atoms with Gasteiger partial charge < -0.3 is 16.8 Å². The molecule has 0 radical (unpaired) electrons. The minimum atomic E-state index is 0.597. The van der Waals surface area contributed by atoms with Gasteiger partial charge in [0.25, 0.3) is 0 Å². The van der Waals surface area contributed by atoms with E-state index in [1.165, 1.54) is 0 Å². The predicted octanol–water partition coefficient (Wildman–Crippen LogP) is 3.25. The van der Waals surface area contributed by atoms with Crippen LogP contribution in [0.25, 0.3) is 0 Å². The average molecular weight is 234 g/mol. The van der Waals surface area contributed by atoms with E-state index in [-0.39, 0.29) is 0 Å². The zero-order valence-corrected chi connectivity index (χ0v) is 9.33. The van der Waals surface area contributed by atoms with Crippen LogP contribution in [0.1, 0.15) is 0 Å². The van der Waals surface area contributed by atoms with Gasteiger partial charge in [0.1, 0.15) is 0 Å². The summed E-state index contributed by atoms with van der Waals surface area (Å²) in [6.07, 6.45) is 0. The van der Waals surface area contributed by atoms with Crippen molar-refractivity contribution in [2.75, 3.05) is 16.8 Å². The molecule has 0 aliphatic heterocycles. The van der Waals surface area contributed by atoms with Crippen LogP contribution < -0.4 is 16.8 Å². The van der Waals surface area contributed by atoms with Gasteiger partial charge in [-0.25, -0.2) is 0 Å². The maximum absolute atomic E-state index is 6.03. The second-order valence-corrected chi connectivity index (χ2v) is 3.86. The van der Waals surface area contributed by atoms with Crippen molar-refractivity contribution in [3.8, 4) is 0 Å². The van der Waals surface area contributed by atoms with Crippen LogP contribution in [0.3, 0.4) is 0 Å². The number of benzene rings is 2. The predicted molar refractivity (Wildman–Crippen MR) is 70.0 cm³/mol. The lowest BCUT2D eigenvalue weighted by Gasteiger charge is -2.10. The molecule has 0 saturated heterocycles. The Morgan fingerprint density at radius 3 is 2.38 bits per heavy atom. The first-order valence-electron chi connectivity index (χ1n) is 4.83. The molecule has 0 aromatic heterocycles. The van der Waals surface area contributed by atoms with Crippen molar-refractivity contribution >= 4 is 34.4 Å². The molecule has 0 atom stereocenters. The Labute approximate surface area is 99.0 Å². The Morgan fingerprint density at radius 2 is 1.69 bits per heavy atom. The van der Waals surface area contributed by atoms with Gasteiger partial charge in [-0.2, -0.15) is 0 Å². The maximum atomic E-state index is 6.03. The third-order valence-corrected chi connectivity index (χ3v) is 2.55. The van der Waals surface area contributed by atoms with Gasteiger partial charge >= 0.3 is 0 Å². The summed E-state index contributed by atoms with van der Waals surface area (Å²) in [5.41, 5.74) is 14.3. The molecule has 2 aromatic carbocycles. The molecule has 2 rings (SSSR count). The van der Waals surface area contributed by atoms with Crippen molar-refractivity contribution in [3.63, 3.8) is 0 Å². The zero-order valence-electron chi connectivity index (χ0n) is 8.57. The van der Waals surface area contributed by atoms with Crippen molar-refractivity contribution < 1.29 is 0 Å². The van der Waals surface area contributed by atoms with Crippen molar-refractivity contribution in [3.05, 3.63) is 47.5 Å². The quantitative estimate of drug-likeness (QED) is 0.698. The fourth-order valence-corrected chi connectivity index (χ4v) is 1.59. The van der Waals surface area contributed by atoms with Gasteiger partial charge in [0.15, 0.2) is 0 Å². The number of hydrogen-bond donors (Lipinski definition) is 3. The molecule has 5 N–H and O–H groups in total. The molecule has 0 spiro atoms. The molecular weight excluding hydrogens is 222 g/mol. The number of nitrogens with two attached hydrogens (primary N) is 2. The first kappa shape index (κ1) is 10.6. The van der Waals surface area contributed by atoms with Crippen LogP contribution in [-0.2, 0) is 0 Å². The third kappa shape index (κ3) is 2.20. The summed E-state index contributed by atoms with van der Waals surface area (Å²) in [5, 5.41) is 3.81. The standard InChI is InChI=1S/C12H12ClN3/c13-9-3-1-2-4-11(9)16-12-6-5-8(14)7-10(12)15/h1-7,16H,14-15H2. The van der Waals surface area contributed by atoms with Crippen LogP contribution >= 0.6 is 11.6 Å². The second kappa shape index (κ2) is 4.33. The Bertz CT molecular complexity index is 511. The first-order chi connectivity index (χ1) is 7.66. The molecule has 0 aliphatic rings. The Balaban J connectivity index is 2.31. The van der Waals surface area contributed by atoms with E-state index in [1.807, 2.05) is 30.3 Å². The largest absolute Gasteiger partial charge is 0.399 e. The Hall–Kier alpha value is -1.87. The lowest BCUT2D eigenvalue weighted by atomic mass is 10.2. The van der Waals surface area contributed by atoms with Gasteiger partial charge in [-0.1, -0.05) is 23.7 Å². The van der Waals surface area contributed by atoms with Crippen molar-refractivity contribution in [2.45, 2.75) is 0 Å². The van der Waals surface area contributed by atoms with Crippen LogP contribution in [0.4, 0.5) is 22.7 Å². The van der Waals surface area contributed by atoms with Crippen LogP contribution in [-0.4, -0.2) is 0 Å².